The van der Waals surface area contributed by atoms with Crippen molar-refractivity contribution in [2.24, 2.45) is 0 Å². The van der Waals surface area contributed by atoms with Gasteiger partial charge in [0.1, 0.15) is 0 Å². The highest BCUT2D eigenvalue weighted by Gasteiger charge is 2.33. The van der Waals surface area contributed by atoms with Crippen molar-refractivity contribution < 1.29 is 18.0 Å². The number of benzene rings is 1. The number of pyridine rings is 2. The molecule has 2 aliphatic rings. The van der Waals surface area contributed by atoms with Crippen LogP contribution in [-0.4, -0.2) is 76.7 Å². The van der Waals surface area contributed by atoms with Gasteiger partial charge in [-0.1, -0.05) is 24.3 Å². The molecule has 3 unspecified atom stereocenters. The van der Waals surface area contributed by atoms with E-state index < -0.39 is 11.7 Å². The smallest absolute Gasteiger partial charge is 0.353 e. The van der Waals surface area contributed by atoms with Crippen LogP contribution in [0.4, 0.5) is 13.2 Å². The highest BCUT2D eigenvalue weighted by molar-refractivity contribution is 7.99. The Morgan fingerprint density at radius 3 is 2.51 bits per heavy atom. The van der Waals surface area contributed by atoms with Crippen LogP contribution >= 0.6 is 11.8 Å². The summed E-state index contributed by atoms with van der Waals surface area (Å²) >= 11 is 1.71. The number of nitrogens with zero attached hydrogens (tertiary/aromatic N) is 4. The molecule has 206 valence electrons. The summed E-state index contributed by atoms with van der Waals surface area (Å²) in [7, 11) is 0. The fourth-order valence-electron chi connectivity index (χ4n) is 5.01. The molecule has 2 aromatic heterocycles. The molecule has 7 nitrogen and oxygen atoms in total. The van der Waals surface area contributed by atoms with Crippen LogP contribution in [0.25, 0.3) is 0 Å². The van der Waals surface area contributed by atoms with E-state index in [2.05, 4.69) is 30.4 Å². The van der Waals surface area contributed by atoms with Gasteiger partial charge in [-0.25, -0.2) is 0 Å². The lowest BCUT2D eigenvalue weighted by Gasteiger charge is -2.39. The van der Waals surface area contributed by atoms with Crippen molar-refractivity contribution in [3.63, 3.8) is 0 Å². The Labute approximate surface area is 230 Å². The van der Waals surface area contributed by atoms with Crippen LogP contribution in [0.3, 0.4) is 0 Å². The number of alkyl halides is 3. The first kappa shape index (κ1) is 27.6. The normalized spacial score (nSPS) is 21.5. The molecule has 1 amide bonds. The lowest BCUT2D eigenvalue weighted by atomic mass is 9.99. The zero-order chi connectivity index (χ0) is 27.2. The molecule has 4 heterocycles. The number of carbonyl (C=O) groups excluding carboxylic acids is 1. The number of hydrogen-bond acceptors (Lipinski definition) is 7. The summed E-state index contributed by atoms with van der Waals surface area (Å²) in [6.45, 7) is 4.36. The van der Waals surface area contributed by atoms with Gasteiger partial charge >= 0.3 is 6.18 Å². The van der Waals surface area contributed by atoms with E-state index in [9.17, 15) is 18.0 Å². The van der Waals surface area contributed by atoms with Crippen molar-refractivity contribution in [1.29, 1.82) is 0 Å². The van der Waals surface area contributed by atoms with Crippen molar-refractivity contribution in [3.05, 3.63) is 95.6 Å². The maximum Gasteiger partial charge on any atom is 0.416 e. The Morgan fingerprint density at radius 2 is 1.85 bits per heavy atom. The SMILES string of the molecule is O=C(NCCN1CCN(C(c2ccc(C(F)(F)F)cc2)c2ccccn2)CC1)C1CSC(c2cccnc2)N1. The number of hydrogen-bond donors (Lipinski definition) is 2. The highest BCUT2D eigenvalue weighted by Crippen LogP contribution is 2.34. The number of nitrogens with one attached hydrogen (secondary N) is 2. The standard InChI is InChI=1S/C28H31F3N6OS/c29-28(30,31)22-8-6-20(7-9-22)25(23-5-1-2-11-33-23)37-16-14-36(15-17-37)13-12-34-26(38)24-19-39-27(35-24)21-4-3-10-32-18-21/h1-11,18,24-25,27,35H,12-17,19H2,(H,34,38). The van der Waals surface area contributed by atoms with Gasteiger partial charge in [-0.2, -0.15) is 13.2 Å². The molecule has 39 heavy (non-hydrogen) atoms. The molecule has 2 aliphatic heterocycles. The molecule has 0 aliphatic carbocycles. The summed E-state index contributed by atoms with van der Waals surface area (Å²) in [5.41, 5.74) is 2.01. The lowest BCUT2D eigenvalue weighted by Crippen LogP contribution is -2.50. The zero-order valence-electron chi connectivity index (χ0n) is 21.3. The second kappa shape index (κ2) is 12.5. The van der Waals surface area contributed by atoms with Gasteiger partial charge in [0, 0.05) is 63.6 Å². The molecular weight excluding hydrogens is 525 g/mol. The van der Waals surface area contributed by atoms with E-state index >= 15 is 0 Å². The van der Waals surface area contributed by atoms with Gasteiger partial charge < -0.3 is 5.32 Å². The van der Waals surface area contributed by atoms with Crippen molar-refractivity contribution in [1.82, 2.24) is 30.4 Å². The van der Waals surface area contributed by atoms with Crippen molar-refractivity contribution >= 4 is 17.7 Å². The van der Waals surface area contributed by atoms with Gasteiger partial charge in [0.2, 0.25) is 5.91 Å². The monoisotopic (exact) mass is 556 g/mol. The van der Waals surface area contributed by atoms with E-state index in [1.54, 1.807) is 36.3 Å². The number of aromatic nitrogens is 2. The Hall–Kier alpha value is -2.99. The molecule has 0 bridgehead atoms. The first-order chi connectivity index (χ1) is 18.9. The minimum absolute atomic E-state index is 0.00467. The highest BCUT2D eigenvalue weighted by atomic mass is 32.2. The number of carbonyl (C=O) groups is 1. The van der Waals surface area contributed by atoms with E-state index in [4.69, 9.17) is 0 Å². The van der Waals surface area contributed by atoms with Crippen LogP contribution in [-0.2, 0) is 11.0 Å². The molecule has 0 saturated carbocycles. The number of halogens is 3. The Morgan fingerprint density at radius 1 is 1.05 bits per heavy atom. The number of thioether (sulfide) groups is 1. The van der Waals surface area contributed by atoms with Crippen molar-refractivity contribution in [3.8, 4) is 0 Å². The van der Waals surface area contributed by atoms with Crippen LogP contribution in [0.15, 0.2) is 73.2 Å². The topological polar surface area (TPSA) is 73.4 Å². The number of amides is 1. The third-order valence-electron chi connectivity index (χ3n) is 7.11. The molecule has 2 N–H and O–H groups in total. The van der Waals surface area contributed by atoms with Gasteiger partial charge in [0.25, 0.3) is 0 Å². The van der Waals surface area contributed by atoms with E-state index in [-0.39, 0.29) is 23.4 Å². The van der Waals surface area contributed by atoms with Crippen molar-refractivity contribution in [2.75, 3.05) is 45.0 Å². The minimum Gasteiger partial charge on any atom is -0.353 e. The summed E-state index contributed by atoms with van der Waals surface area (Å²) in [5.74, 6) is 0.716. The molecule has 3 aromatic rings. The van der Waals surface area contributed by atoms with Crippen LogP contribution in [0.2, 0.25) is 0 Å². The van der Waals surface area contributed by atoms with E-state index in [1.807, 2.05) is 36.5 Å². The van der Waals surface area contributed by atoms with Gasteiger partial charge in [0.15, 0.2) is 0 Å². The maximum atomic E-state index is 13.1. The fraction of sp³-hybridized carbons (Fsp3) is 0.393. The zero-order valence-corrected chi connectivity index (χ0v) is 22.2. The van der Waals surface area contributed by atoms with Gasteiger partial charge in [-0.15, -0.1) is 11.8 Å². The predicted molar refractivity (Wildman–Crippen MR) is 145 cm³/mol. The third-order valence-corrected chi connectivity index (χ3v) is 8.37. The van der Waals surface area contributed by atoms with Crippen molar-refractivity contribution in [2.45, 2.75) is 23.6 Å². The molecule has 2 saturated heterocycles. The molecule has 3 atom stereocenters. The molecule has 0 spiro atoms. The first-order valence-electron chi connectivity index (χ1n) is 13.0. The van der Waals surface area contributed by atoms with E-state index in [0.717, 1.165) is 61.7 Å². The number of rotatable bonds is 8. The Kier molecular flexibility index (Phi) is 8.81. The molecular formula is C28H31F3N6OS. The second-order valence-corrected chi connectivity index (χ2v) is 10.8. The molecule has 5 rings (SSSR count). The molecule has 2 fully saturated rings. The average Bonchev–Trinajstić information content (AvgIpc) is 3.46. The average molecular weight is 557 g/mol. The lowest BCUT2D eigenvalue weighted by molar-refractivity contribution is -0.137. The van der Waals surface area contributed by atoms with Gasteiger partial charge in [-0.3, -0.25) is 29.9 Å². The maximum absolute atomic E-state index is 13.1. The predicted octanol–water partition coefficient (Wildman–Crippen LogP) is 3.72. The Balaban J connectivity index is 1.12. The third kappa shape index (κ3) is 6.96. The quantitative estimate of drug-likeness (QED) is 0.438. The summed E-state index contributed by atoms with van der Waals surface area (Å²) in [4.78, 5) is 25.9. The second-order valence-electron chi connectivity index (χ2n) is 9.66. The number of piperazine rings is 1. The van der Waals surface area contributed by atoms with Gasteiger partial charge in [0.05, 0.1) is 28.7 Å². The summed E-state index contributed by atoms with van der Waals surface area (Å²) in [6, 6.07) is 14.5. The van der Waals surface area contributed by atoms with E-state index in [0.29, 0.717) is 12.3 Å². The van der Waals surface area contributed by atoms with Crippen LogP contribution < -0.4 is 10.6 Å². The molecule has 11 heteroatoms. The molecule has 0 radical (unpaired) electrons. The molecule has 1 aromatic carbocycles. The fourth-order valence-corrected chi connectivity index (χ4v) is 6.24. The van der Waals surface area contributed by atoms with Crippen LogP contribution in [0.1, 0.15) is 33.8 Å². The summed E-state index contributed by atoms with van der Waals surface area (Å²) in [6.07, 6.45) is 0.900. The summed E-state index contributed by atoms with van der Waals surface area (Å²) < 4.78 is 39.3. The van der Waals surface area contributed by atoms with Crippen LogP contribution in [0, 0.1) is 0 Å². The minimum atomic E-state index is -4.37. The van der Waals surface area contributed by atoms with E-state index in [1.165, 1.54) is 0 Å². The van der Waals surface area contributed by atoms with Crippen LogP contribution in [0.5, 0.6) is 0 Å². The van der Waals surface area contributed by atoms with Gasteiger partial charge in [-0.05, 0) is 41.5 Å². The Bertz CT molecular complexity index is 1210. The largest absolute Gasteiger partial charge is 0.416 e. The summed E-state index contributed by atoms with van der Waals surface area (Å²) in [5, 5.41) is 6.51. The first-order valence-corrected chi connectivity index (χ1v) is 14.0.